The van der Waals surface area contributed by atoms with E-state index >= 15 is 0 Å². The highest BCUT2D eigenvalue weighted by Crippen LogP contribution is 2.23. The molecule has 1 aromatic carbocycles. The van der Waals surface area contributed by atoms with Gasteiger partial charge in [0.05, 0.1) is 11.2 Å². The largest absolute Gasteiger partial charge is 0.325 e. The van der Waals surface area contributed by atoms with Crippen LogP contribution < -0.4 is 5.32 Å². The van der Waals surface area contributed by atoms with Crippen molar-refractivity contribution in [1.29, 1.82) is 0 Å². The molecule has 0 saturated carbocycles. The quantitative estimate of drug-likeness (QED) is 0.617. The van der Waals surface area contributed by atoms with E-state index in [0.29, 0.717) is 0 Å². The summed E-state index contributed by atoms with van der Waals surface area (Å²) in [7, 11) is 0. The van der Waals surface area contributed by atoms with Gasteiger partial charge in [-0.2, -0.15) is 9.78 Å². The molecular formula is C19H18N6. The average molecular weight is 330 g/mol. The second-order valence-corrected chi connectivity index (χ2v) is 6.07. The number of fused-ring (bicyclic) bond motifs is 1. The number of rotatable bonds is 3. The third-order valence-corrected chi connectivity index (χ3v) is 4.02. The van der Waals surface area contributed by atoms with Gasteiger partial charge in [-0.05, 0) is 38.5 Å². The van der Waals surface area contributed by atoms with E-state index < -0.39 is 0 Å². The molecule has 0 saturated heterocycles. The minimum atomic E-state index is 0.728. The lowest BCUT2D eigenvalue weighted by molar-refractivity contribution is 0.842. The van der Waals surface area contributed by atoms with E-state index in [1.54, 1.807) is 6.33 Å². The molecule has 124 valence electrons. The Labute approximate surface area is 145 Å². The summed E-state index contributed by atoms with van der Waals surface area (Å²) in [5.74, 6) is 2.32. The number of pyridine rings is 1. The van der Waals surface area contributed by atoms with Crippen molar-refractivity contribution in [3.05, 3.63) is 65.7 Å². The van der Waals surface area contributed by atoms with Crippen LogP contribution in [0.1, 0.15) is 17.0 Å². The third-order valence-electron chi connectivity index (χ3n) is 4.02. The first-order valence-corrected chi connectivity index (χ1v) is 8.09. The van der Waals surface area contributed by atoms with Crippen molar-refractivity contribution >= 4 is 22.5 Å². The molecule has 1 N–H and O–H groups in total. The van der Waals surface area contributed by atoms with Gasteiger partial charge >= 0.3 is 0 Å². The number of nitrogens with zero attached hydrogens (tertiary/aromatic N) is 5. The summed E-state index contributed by atoms with van der Waals surface area (Å²) in [5.41, 5.74) is 3.92. The Balaban J connectivity index is 1.81. The first kappa shape index (κ1) is 15.3. The van der Waals surface area contributed by atoms with Crippen LogP contribution in [-0.4, -0.2) is 24.7 Å². The summed E-state index contributed by atoms with van der Waals surface area (Å²) in [5, 5.41) is 9.05. The first-order chi connectivity index (χ1) is 12.1. The van der Waals surface area contributed by atoms with Crippen LogP contribution in [0.2, 0.25) is 0 Å². The van der Waals surface area contributed by atoms with E-state index in [4.69, 9.17) is 4.98 Å². The zero-order valence-corrected chi connectivity index (χ0v) is 14.4. The highest BCUT2D eigenvalue weighted by molar-refractivity contribution is 5.83. The monoisotopic (exact) mass is 330 g/mol. The van der Waals surface area contributed by atoms with Gasteiger partial charge in [-0.25, -0.2) is 15.0 Å². The molecule has 25 heavy (non-hydrogen) atoms. The van der Waals surface area contributed by atoms with Crippen LogP contribution in [-0.2, 0) is 0 Å². The van der Waals surface area contributed by atoms with Crippen LogP contribution in [0.3, 0.4) is 0 Å². The number of hydrogen-bond donors (Lipinski definition) is 1. The molecule has 4 rings (SSSR count). The number of aryl methyl sites for hydroxylation is 3. The summed E-state index contributed by atoms with van der Waals surface area (Å²) in [4.78, 5) is 13.2. The Morgan fingerprint density at radius 1 is 0.920 bits per heavy atom. The van der Waals surface area contributed by atoms with Gasteiger partial charge in [-0.3, -0.25) is 0 Å². The second-order valence-electron chi connectivity index (χ2n) is 6.07. The van der Waals surface area contributed by atoms with Gasteiger partial charge in [0.1, 0.15) is 18.0 Å². The second kappa shape index (κ2) is 5.98. The maximum atomic E-state index is 4.77. The van der Waals surface area contributed by atoms with Crippen LogP contribution in [0.4, 0.5) is 11.6 Å². The van der Waals surface area contributed by atoms with Crippen LogP contribution in [0.5, 0.6) is 0 Å². The van der Waals surface area contributed by atoms with Crippen molar-refractivity contribution in [2.24, 2.45) is 0 Å². The smallest absolute Gasteiger partial charge is 0.156 e. The Hall–Kier alpha value is -3.28. The fourth-order valence-corrected chi connectivity index (χ4v) is 2.86. The molecule has 4 aromatic rings. The van der Waals surface area contributed by atoms with Gasteiger partial charge in [-0.15, -0.1) is 0 Å². The third kappa shape index (κ3) is 2.94. The molecule has 0 amide bonds. The van der Waals surface area contributed by atoms with E-state index in [2.05, 4.69) is 33.4 Å². The van der Waals surface area contributed by atoms with Crippen molar-refractivity contribution in [3.8, 4) is 5.82 Å². The molecule has 0 fully saturated rings. The fraction of sp³-hybridized carbons (Fsp3) is 0.158. The zero-order chi connectivity index (χ0) is 17.4. The molecule has 0 aliphatic carbocycles. The number of nitrogens with one attached hydrogen (secondary N) is 1. The molecule has 0 aliphatic heterocycles. The molecule has 0 atom stereocenters. The number of aromatic nitrogens is 5. The summed E-state index contributed by atoms with van der Waals surface area (Å²) in [6.45, 7) is 5.98. The SMILES string of the molecule is Cc1cc(Nc2cc(C)nn2-c2cc(C)c3ccccc3n2)ncn1. The number of hydrogen-bond acceptors (Lipinski definition) is 5. The molecule has 3 aromatic heterocycles. The Morgan fingerprint density at radius 2 is 1.76 bits per heavy atom. The van der Waals surface area contributed by atoms with Crippen LogP contribution >= 0.6 is 0 Å². The molecule has 0 radical (unpaired) electrons. The topological polar surface area (TPSA) is 68.5 Å². The summed E-state index contributed by atoms with van der Waals surface area (Å²) in [6, 6.07) is 14.0. The van der Waals surface area contributed by atoms with Crippen molar-refractivity contribution in [2.45, 2.75) is 20.8 Å². The predicted molar refractivity (Wildman–Crippen MR) is 98.4 cm³/mol. The lowest BCUT2D eigenvalue weighted by Crippen LogP contribution is -2.06. The maximum absolute atomic E-state index is 4.77. The van der Waals surface area contributed by atoms with Crippen LogP contribution in [0.25, 0.3) is 16.7 Å². The molecule has 0 unspecified atom stereocenters. The van der Waals surface area contributed by atoms with Gasteiger partial charge in [0.15, 0.2) is 5.82 Å². The van der Waals surface area contributed by atoms with Crippen molar-refractivity contribution in [3.63, 3.8) is 0 Å². The number of benzene rings is 1. The normalized spacial score (nSPS) is 11.0. The summed E-state index contributed by atoms with van der Waals surface area (Å²) < 4.78 is 1.81. The first-order valence-electron chi connectivity index (χ1n) is 8.09. The minimum Gasteiger partial charge on any atom is -0.325 e. The molecule has 3 heterocycles. The highest BCUT2D eigenvalue weighted by Gasteiger charge is 2.12. The summed E-state index contributed by atoms with van der Waals surface area (Å²) in [6.07, 6.45) is 1.55. The maximum Gasteiger partial charge on any atom is 0.156 e. The van der Waals surface area contributed by atoms with E-state index in [1.165, 1.54) is 0 Å². The van der Waals surface area contributed by atoms with Crippen molar-refractivity contribution < 1.29 is 0 Å². The number of para-hydroxylation sites is 1. The van der Waals surface area contributed by atoms with Gasteiger partial charge in [0.2, 0.25) is 0 Å². The molecule has 6 nitrogen and oxygen atoms in total. The Bertz CT molecular complexity index is 1070. The Morgan fingerprint density at radius 3 is 2.60 bits per heavy atom. The minimum absolute atomic E-state index is 0.728. The molecule has 0 bridgehead atoms. The Kier molecular flexibility index (Phi) is 3.65. The van der Waals surface area contributed by atoms with E-state index in [9.17, 15) is 0 Å². The highest BCUT2D eigenvalue weighted by atomic mass is 15.4. The predicted octanol–water partition coefficient (Wildman–Crippen LogP) is 3.88. The zero-order valence-electron chi connectivity index (χ0n) is 14.4. The molecule has 0 spiro atoms. The summed E-state index contributed by atoms with van der Waals surface area (Å²) >= 11 is 0. The van der Waals surface area contributed by atoms with Gasteiger partial charge < -0.3 is 5.32 Å². The van der Waals surface area contributed by atoms with Gasteiger partial charge in [0, 0.05) is 23.2 Å². The van der Waals surface area contributed by atoms with E-state index in [1.807, 2.05) is 54.9 Å². The van der Waals surface area contributed by atoms with Crippen molar-refractivity contribution in [1.82, 2.24) is 24.7 Å². The average Bonchev–Trinajstić information content (AvgIpc) is 2.95. The standard InChI is InChI=1S/C19H18N6/c1-12-8-18(22-16-7-5-4-6-15(12)16)25-19(10-14(3)24-25)23-17-9-13(2)20-11-21-17/h4-11H,1-3H3,(H,20,21,23). The van der Waals surface area contributed by atoms with Crippen LogP contribution in [0.15, 0.2) is 48.8 Å². The van der Waals surface area contributed by atoms with E-state index in [0.717, 1.165) is 45.3 Å². The lowest BCUT2D eigenvalue weighted by Gasteiger charge is -2.11. The van der Waals surface area contributed by atoms with Crippen molar-refractivity contribution in [2.75, 3.05) is 5.32 Å². The van der Waals surface area contributed by atoms with Crippen LogP contribution in [0, 0.1) is 20.8 Å². The fourth-order valence-electron chi connectivity index (χ4n) is 2.86. The molecule has 0 aliphatic rings. The molecule has 6 heteroatoms. The number of anilines is 2. The van der Waals surface area contributed by atoms with Gasteiger partial charge in [0.25, 0.3) is 0 Å². The van der Waals surface area contributed by atoms with Gasteiger partial charge in [-0.1, -0.05) is 18.2 Å². The van der Waals surface area contributed by atoms with E-state index in [-0.39, 0.29) is 0 Å². The lowest BCUT2D eigenvalue weighted by atomic mass is 10.1. The molecular weight excluding hydrogens is 312 g/mol.